The van der Waals surface area contributed by atoms with Crippen molar-refractivity contribution >= 4 is 11.6 Å². The number of nitriles is 1. The fraction of sp³-hybridized carbons (Fsp3) is 0.125. The van der Waals surface area contributed by atoms with Gasteiger partial charge in [-0.25, -0.2) is 0 Å². The lowest BCUT2D eigenvalue weighted by Crippen LogP contribution is -2.27. The number of nitrogens with zero attached hydrogens (tertiary/aromatic N) is 2. The molecule has 3 rings (SSSR count). The molecule has 98 valence electrons. The zero-order valence-electron chi connectivity index (χ0n) is 10.9. The van der Waals surface area contributed by atoms with Crippen LogP contribution in [0.5, 0.6) is 5.75 Å². The van der Waals surface area contributed by atoms with Crippen LogP contribution in [0.3, 0.4) is 0 Å². The van der Waals surface area contributed by atoms with Crippen molar-refractivity contribution in [3.8, 4) is 11.8 Å². The molecule has 1 aliphatic rings. The molecule has 0 radical (unpaired) electrons. The molecular formula is C16H12N2O2. The molecule has 0 aliphatic carbocycles. The smallest absolute Gasteiger partial charge is 0.260 e. The maximum absolute atomic E-state index is 12.6. The Hall–Kier alpha value is -2.80. The Bertz CT molecular complexity index is 729. The van der Waals surface area contributed by atoms with Gasteiger partial charge < -0.3 is 5.11 Å². The molecule has 1 heterocycles. The third-order valence-corrected chi connectivity index (χ3v) is 3.54. The van der Waals surface area contributed by atoms with E-state index in [1.807, 2.05) is 25.1 Å². The SMILES string of the molecule is Cc1cccc2c1C(=O)N(c1ccc(O)cc1)C2C#N. The van der Waals surface area contributed by atoms with E-state index in [0.717, 1.165) is 11.1 Å². The highest BCUT2D eigenvalue weighted by molar-refractivity contribution is 6.12. The highest BCUT2D eigenvalue weighted by atomic mass is 16.3. The molecule has 1 N–H and O–H groups in total. The number of carbonyl (C=O) groups excluding carboxylic acids is 1. The van der Waals surface area contributed by atoms with E-state index in [1.54, 1.807) is 12.1 Å². The van der Waals surface area contributed by atoms with E-state index in [-0.39, 0.29) is 11.7 Å². The number of phenolic OH excluding ortho intramolecular Hbond substituents is 1. The number of aromatic hydroxyl groups is 1. The zero-order valence-corrected chi connectivity index (χ0v) is 10.9. The van der Waals surface area contributed by atoms with E-state index in [1.165, 1.54) is 17.0 Å². The number of amides is 1. The highest BCUT2D eigenvalue weighted by Crippen LogP contribution is 2.38. The van der Waals surface area contributed by atoms with Crippen LogP contribution in [0.15, 0.2) is 42.5 Å². The minimum absolute atomic E-state index is 0.127. The number of hydrogen-bond acceptors (Lipinski definition) is 3. The van der Waals surface area contributed by atoms with Crippen LogP contribution in [-0.4, -0.2) is 11.0 Å². The normalized spacial score (nSPS) is 16.9. The fourth-order valence-corrected chi connectivity index (χ4v) is 2.59. The highest BCUT2D eigenvalue weighted by Gasteiger charge is 2.38. The predicted molar refractivity (Wildman–Crippen MR) is 74.4 cm³/mol. The molecule has 2 aromatic carbocycles. The lowest BCUT2D eigenvalue weighted by atomic mass is 10.0. The maximum Gasteiger partial charge on any atom is 0.260 e. The van der Waals surface area contributed by atoms with Crippen molar-refractivity contribution in [2.75, 3.05) is 4.90 Å². The lowest BCUT2D eigenvalue weighted by Gasteiger charge is -2.20. The Balaban J connectivity index is 2.15. The Labute approximate surface area is 116 Å². The van der Waals surface area contributed by atoms with Crippen LogP contribution in [0.2, 0.25) is 0 Å². The molecule has 1 aliphatic heterocycles. The predicted octanol–water partition coefficient (Wildman–Crippen LogP) is 2.93. The van der Waals surface area contributed by atoms with Crippen LogP contribution in [0, 0.1) is 18.3 Å². The Morgan fingerprint density at radius 1 is 1.20 bits per heavy atom. The van der Waals surface area contributed by atoms with Crippen LogP contribution < -0.4 is 4.90 Å². The van der Waals surface area contributed by atoms with Gasteiger partial charge in [-0.1, -0.05) is 18.2 Å². The lowest BCUT2D eigenvalue weighted by molar-refractivity contribution is 0.0994. The van der Waals surface area contributed by atoms with Gasteiger partial charge in [-0.05, 0) is 36.8 Å². The summed E-state index contributed by atoms with van der Waals surface area (Å²) in [5, 5.41) is 18.8. The topological polar surface area (TPSA) is 64.3 Å². The van der Waals surface area contributed by atoms with E-state index in [9.17, 15) is 15.2 Å². The third-order valence-electron chi connectivity index (χ3n) is 3.54. The summed E-state index contributed by atoms with van der Waals surface area (Å²) in [7, 11) is 0. The fourth-order valence-electron chi connectivity index (χ4n) is 2.59. The van der Waals surface area contributed by atoms with Crippen molar-refractivity contribution < 1.29 is 9.90 Å². The molecule has 4 heteroatoms. The molecule has 0 bridgehead atoms. The minimum atomic E-state index is -0.623. The summed E-state index contributed by atoms with van der Waals surface area (Å²) in [6, 6.07) is 13.4. The van der Waals surface area contributed by atoms with Gasteiger partial charge in [0.2, 0.25) is 0 Å². The van der Waals surface area contributed by atoms with Gasteiger partial charge in [0.1, 0.15) is 5.75 Å². The van der Waals surface area contributed by atoms with Gasteiger partial charge in [0.05, 0.1) is 6.07 Å². The first-order valence-electron chi connectivity index (χ1n) is 6.25. The average Bonchev–Trinajstić information content (AvgIpc) is 2.73. The summed E-state index contributed by atoms with van der Waals surface area (Å²) in [5.74, 6) is -0.0436. The largest absolute Gasteiger partial charge is 0.508 e. The standard InChI is InChI=1S/C16H12N2O2/c1-10-3-2-4-13-14(9-17)18(16(20)15(10)13)11-5-7-12(19)8-6-11/h2-8,14,19H,1H3. The van der Waals surface area contributed by atoms with Gasteiger partial charge in [0.15, 0.2) is 6.04 Å². The summed E-state index contributed by atoms with van der Waals surface area (Å²) in [5.41, 5.74) is 2.82. The summed E-state index contributed by atoms with van der Waals surface area (Å²) in [6.07, 6.45) is 0. The molecule has 2 aromatic rings. The molecule has 0 saturated heterocycles. The van der Waals surface area contributed by atoms with Crippen molar-refractivity contribution in [3.63, 3.8) is 0 Å². The molecular weight excluding hydrogens is 252 g/mol. The Kier molecular flexibility index (Phi) is 2.69. The van der Waals surface area contributed by atoms with Crippen molar-refractivity contribution in [2.45, 2.75) is 13.0 Å². The van der Waals surface area contributed by atoms with Crippen molar-refractivity contribution in [1.82, 2.24) is 0 Å². The zero-order chi connectivity index (χ0) is 14.3. The second kappa shape index (κ2) is 4.39. The van der Waals surface area contributed by atoms with Crippen LogP contribution in [0.25, 0.3) is 0 Å². The van der Waals surface area contributed by atoms with Gasteiger partial charge >= 0.3 is 0 Å². The molecule has 1 atom stereocenters. The number of hydrogen-bond donors (Lipinski definition) is 1. The monoisotopic (exact) mass is 264 g/mol. The molecule has 1 amide bonds. The van der Waals surface area contributed by atoms with Gasteiger partial charge in [0.25, 0.3) is 5.91 Å². The maximum atomic E-state index is 12.6. The first-order valence-corrected chi connectivity index (χ1v) is 6.25. The summed E-state index contributed by atoms with van der Waals surface area (Å²) < 4.78 is 0. The molecule has 0 spiro atoms. The molecule has 4 nitrogen and oxygen atoms in total. The quantitative estimate of drug-likeness (QED) is 0.861. The number of anilines is 1. The molecule has 0 fully saturated rings. The Morgan fingerprint density at radius 2 is 1.90 bits per heavy atom. The van der Waals surface area contributed by atoms with Crippen LogP contribution in [0.4, 0.5) is 5.69 Å². The van der Waals surface area contributed by atoms with E-state index in [4.69, 9.17) is 0 Å². The summed E-state index contributed by atoms with van der Waals surface area (Å²) >= 11 is 0. The molecule has 20 heavy (non-hydrogen) atoms. The number of benzene rings is 2. The number of fused-ring (bicyclic) bond motifs is 1. The third kappa shape index (κ3) is 1.64. The van der Waals surface area contributed by atoms with Crippen molar-refractivity contribution in [1.29, 1.82) is 5.26 Å². The van der Waals surface area contributed by atoms with E-state index in [2.05, 4.69) is 6.07 Å². The second-order valence-electron chi connectivity index (χ2n) is 4.76. The molecule has 0 aromatic heterocycles. The molecule has 0 saturated carbocycles. The summed E-state index contributed by atoms with van der Waals surface area (Å²) in [6.45, 7) is 1.87. The van der Waals surface area contributed by atoms with Gasteiger partial charge in [-0.3, -0.25) is 9.69 Å². The van der Waals surface area contributed by atoms with E-state index >= 15 is 0 Å². The van der Waals surface area contributed by atoms with Gasteiger partial charge in [-0.2, -0.15) is 5.26 Å². The van der Waals surface area contributed by atoms with Gasteiger partial charge in [-0.15, -0.1) is 0 Å². The summed E-state index contributed by atoms with van der Waals surface area (Å²) in [4.78, 5) is 14.1. The first-order chi connectivity index (χ1) is 9.63. The van der Waals surface area contributed by atoms with E-state index in [0.29, 0.717) is 11.3 Å². The van der Waals surface area contributed by atoms with Crippen LogP contribution in [-0.2, 0) is 0 Å². The number of aryl methyl sites for hydroxylation is 1. The van der Waals surface area contributed by atoms with Gasteiger partial charge in [0, 0.05) is 16.8 Å². The Morgan fingerprint density at radius 3 is 2.55 bits per heavy atom. The minimum Gasteiger partial charge on any atom is -0.508 e. The number of rotatable bonds is 1. The molecule has 1 unspecified atom stereocenters. The van der Waals surface area contributed by atoms with Crippen molar-refractivity contribution in [2.24, 2.45) is 0 Å². The van der Waals surface area contributed by atoms with Crippen molar-refractivity contribution in [3.05, 3.63) is 59.2 Å². The average molecular weight is 264 g/mol. The first kappa shape index (κ1) is 12.2. The van der Waals surface area contributed by atoms with E-state index < -0.39 is 6.04 Å². The van der Waals surface area contributed by atoms with Crippen LogP contribution in [0.1, 0.15) is 27.5 Å². The second-order valence-corrected chi connectivity index (χ2v) is 4.76. The number of phenols is 1. The van der Waals surface area contributed by atoms with Crippen LogP contribution >= 0.6 is 0 Å². The number of carbonyl (C=O) groups is 1.